The van der Waals surface area contributed by atoms with E-state index in [1.54, 1.807) is 12.1 Å². The van der Waals surface area contributed by atoms with E-state index in [1.807, 2.05) is 30.3 Å². The predicted octanol–water partition coefficient (Wildman–Crippen LogP) is 4.13. The van der Waals surface area contributed by atoms with E-state index in [1.165, 1.54) is 23.2 Å². The normalized spacial score (nSPS) is 13.8. The zero-order valence-electron chi connectivity index (χ0n) is 18.2. The van der Waals surface area contributed by atoms with E-state index in [2.05, 4.69) is 15.0 Å². The Morgan fingerprint density at radius 2 is 1.71 bits per heavy atom. The first-order valence-electron chi connectivity index (χ1n) is 10.4. The van der Waals surface area contributed by atoms with Crippen LogP contribution in [0.5, 0.6) is 5.75 Å². The second-order valence-electron chi connectivity index (χ2n) is 7.67. The van der Waals surface area contributed by atoms with Crippen LogP contribution in [0.1, 0.15) is 11.1 Å². The van der Waals surface area contributed by atoms with E-state index in [-0.39, 0.29) is 31.1 Å². The van der Waals surface area contributed by atoms with Crippen molar-refractivity contribution in [2.45, 2.75) is 19.3 Å². The molecule has 1 fully saturated rings. The van der Waals surface area contributed by atoms with Crippen LogP contribution in [0.15, 0.2) is 72.9 Å². The fourth-order valence-corrected chi connectivity index (χ4v) is 3.55. The SMILES string of the molecule is O=C(Cc1ccccc1)Nc1cc(CN2CC(=O)N(c3ccc(OC(F)(F)F)cc3)C2=O)ccn1. The highest BCUT2D eigenvalue weighted by molar-refractivity contribution is 6.19. The molecular weight excluding hydrogens is 465 g/mol. The van der Waals surface area contributed by atoms with Crippen molar-refractivity contribution >= 4 is 29.4 Å². The molecule has 1 aliphatic heterocycles. The number of hydrogen-bond donors (Lipinski definition) is 1. The summed E-state index contributed by atoms with van der Waals surface area (Å²) in [6.45, 7) is -0.141. The van der Waals surface area contributed by atoms with Crippen molar-refractivity contribution in [1.29, 1.82) is 0 Å². The fourth-order valence-electron chi connectivity index (χ4n) is 3.55. The topological polar surface area (TPSA) is 91.8 Å². The van der Waals surface area contributed by atoms with Crippen LogP contribution in [0.4, 0.5) is 29.5 Å². The summed E-state index contributed by atoms with van der Waals surface area (Å²) in [5, 5.41) is 2.71. The third-order valence-electron chi connectivity index (χ3n) is 5.04. The second-order valence-corrected chi connectivity index (χ2v) is 7.67. The first-order chi connectivity index (χ1) is 16.7. The Morgan fingerprint density at radius 1 is 1.00 bits per heavy atom. The van der Waals surface area contributed by atoms with E-state index < -0.39 is 24.1 Å². The Bertz CT molecular complexity index is 1230. The van der Waals surface area contributed by atoms with Gasteiger partial charge in [-0.25, -0.2) is 14.7 Å². The maximum Gasteiger partial charge on any atom is 0.573 e. The van der Waals surface area contributed by atoms with Crippen molar-refractivity contribution in [3.05, 3.63) is 84.1 Å². The molecule has 2 aromatic carbocycles. The number of benzene rings is 2. The summed E-state index contributed by atoms with van der Waals surface area (Å²) in [7, 11) is 0. The molecule has 180 valence electrons. The summed E-state index contributed by atoms with van der Waals surface area (Å²) in [6, 6.07) is 16.3. The number of rotatable bonds is 7. The number of hydrogen-bond acceptors (Lipinski definition) is 5. The lowest BCUT2D eigenvalue weighted by Gasteiger charge is -2.18. The molecule has 0 radical (unpaired) electrons. The van der Waals surface area contributed by atoms with Crippen LogP contribution < -0.4 is 15.0 Å². The van der Waals surface area contributed by atoms with Gasteiger partial charge in [-0.2, -0.15) is 0 Å². The van der Waals surface area contributed by atoms with Crippen molar-refractivity contribution in [2.24, 2.45) is 0 Å². The molecule has 0 saturated carbocycles. The van der Waals surface area contributed by atoms with Gasteiger partial charge in [0.25, 0.3) is 5.91 Å². The number of halogens is 3. The van der Waals surface area contributed by atoms with Crippen LogP contribution in [0, 0.1) is 0 Å². The van der Waals surface area contributed by atoms with Crippen LogP contribution in [-0.4, -0.2) is 40.6 Å². The van der Waals surface area contributed by atoms with E-state index in [0.717, 1.165) is 22.6 Å². The molecule has 2 heterocycles. The Kier molecular flexibility index (Phi) is 6.67. The molecule has 8 nitrogen and oxygen atoms in total. The van der Waals surface area contributed by atoms with Gasteiger partial charge in [0.2, 0.25) is 5.91 Å². The molecule has 11 heteroatoms. The Hall–Kier alpha value is -4.41. The number of pyridine rings is 1. The van der Waals surface area contributed by atoms with Gasteiger partial charge in [-0.05, 0) is 47.5 Å². The summed E-state index contributed by atoms with van der Waals surface area (Å²) in [5.41, 5.74) is 1.60. The zero-order valence-corrected chi connectivity index (χ0v) is 18.2. The van der Waals surface area contributed by atoms with Gasteiger partial charge in [-0.3, -0.25) is 9.59 Å². The Balaban J connectivity index is 1.39. The average Bonchev–Trinajstić information content (AvgIpc) is 3.07. The molecular formula is C24H19F3N4O4. The van der Waals surface area contributed by atoms with Crippen LogP contribution in [-0.2, 0) is 22.6 Å². The summed E-state index contributed by atoms with van der Waals surface area (Å²) < 4.78 is 40.8. The number of urea groups is 1. The largest absolute Gasteiger partial charge is 0.573 e. The van der Waals surface area contributed by atoms with Gasteiger partial charge in [0.15, 0.2) is 0 Å². The van der Waals surface area contributed by atoms with Crippen molar-refractivity contribution in [3.63, 3.8) is 0 Å². The fraction of sp³-hybridized carbons (Fsp3) is 0.167. The van der Waals surface area contributed by atoms with Gasteiger partial charge >= 0.3 is 12.4 Å². The molecule has 35 heavy (non-hydrogen) atoms. The summed E-state index contributed by atoms with van der Waals surface area (Å²) in [4.78, 5) is 43.9. The summed E-state index contributed by atoms with van der Waals surface area (Å²) in [5.74, 6) is -0.934. The van der Waals surface area contributed by atoms with Crippen molar-refractivity contribution in [3.8, 4) is 5.75 Å². The number of amides is 4. The zero-order chi connectivity index (χ0) is 25.0. The van der Waals surface area contributed by atoms with Gasteiger partial charge in [0.1, 0.15) is 18.1 Å². The van der Waals surface area contributed by atoms with Gasteiger partial charge in [0, 0.05) is 12.7 Å². The maximum atomic E-state index is 12.8. The number of nitrogens with one attached hydrogen (secondary N) is 1. The Labute approximate surface area is 197 Å². The molecule has 4 amide bonds. The minimum Gasteiger partial charge on any atom is -0.406 e. The molecule has 0 bridgehead atoms. The first kappa shape index (κ1) is 23.7. The minimum atomic E-state index is -4.85. The van der Waals surface area contributed by atoms with Gasteiger partial charge in [0.05, 0.1) is 12.1 Å². The van der Waals surface area contributed by atoms with Crippen LogP contribution in [0.3, 0.4) is 0 Å². The molecule has 0 spiro atoms. The van der Waals surface area contributed by atoms with E-state index in [4.69, 9.17) is 0 Å². The van der Waals surface area contributed by atoms with Gasteiger partial charge in [-0.1, -0.05) is 30.3 Å². The molecule has 0 unspecified atom stereocenters. The molecule has 1 N–H and O–H groups in total. The number of alkyl halides is 3. The van der Waals surface area contributed by atoms with Crippen LogP contribution in [0.25, 0.3) is 0 Å². The number of anilines is 2. The molecule has 1 aromatic heterocycles. The Morgan fingerprint density at radius 3 is 2.40 bits per heavy atom. The van der Waals surface area contributed by atoms with Crippen molar-refractivity contribution in [1.82, 2.24) is 9.88 Å². The maximum absolute atomic E-state index is 12.8. The van der Waals surface area contributed by atoms with Crippen molar-refractivity contribution in [2.75, 3.05) is 16.8 Å². The van der Waals surface area contributed by atoms with E-state index >= 15 is 0 Å². The lowest BCUT2D eigenvalue weighted by Crippen LogP contribution is -2.32. The van der Waals surface area contributed by atoms with E-state index in [9.17, 15) is 27.6 Å². The molecule has 1 saturated heterocycles. The van der Waals surface area contributed by atoms with Gasteiger partial charge < -0.3 is 15.0 Å². The quantitative estimate of drug-likeness (QED) is 0.510. The average molecular weight is 484 g/mol. The third-order valence-corrected chi connectivity index (χ3v) is 5.04. The van der Waals surface area contributed by atoms with Crippen LogP contribution in [0.2, 0.25) is 0 Å². The highest BCUT2D eigenvalue weighted by Crippen LogP contribution is 2.28. The highest BCUT2D eigenvalue weighted by atomic mass is 19.4. The van der Waals surface area contributed by atoms with Gasteiger partial charge in [-0.15, -0.1) is 13.2 Å². The molecule has 4 rings (SSSR count). The number of carbonyl (C=O) groups excluding carboxylic acids is 3. The molecule has 3 aromatic rings. The lowest BCUT2D eigenvalue weighted by molar-refractivity contribution is -0.274. The van der Waals surface area contributed by atoms with Crippen molar-refractivity contribution < 1.29 is 32.3 Å². The third kappa shape index (κ3) is 6.14. The summed E-state index contributed by atoms with van der Waals surface area (Å²) in [6.07, 6.45) is -3.19. The summed E-state index contributed by atoms with van der Waals surface area (Å²) >= 11 is 0. The monoisotopic (exact) mass is 484 g/mol. The second kappa shape index (κ2) is 9.84. The first-order valence-corrected chi connectivity index (χ1v) is 10.4. The number of carbonyl (C=O) groups is 3. The molecule has 0 aliphatic carbocycles. The number of nitrogens with zero attached hydrogens (tertiary/aromatic N) is 3. The predicted molar refractivity (Wildman–Crippen MR) is 119 cm³/mol. The van der Waals surface area contributed by atoms with E-state index in [0.29, 0.717) is 11.4 Å². The lowest BCUT2D eigenvalue weighted by atomic mass is 10.1. The minimum absolute atomic E-state index is 0.0699. The standard InChI is InChI=1S/C24H19F3N4O4/c25-24(26,27)35-19-8-6-18(7-9-19)31-22(33)15-30(23(31)34)14-17-10-11-28-20(12-17)29-21(32)13-16-4-2-1-3-5-16/h1-12H,13-15H2,(H,28,29,32). The molecule has 0 atom stereocenters. The highest BCUT2D eigenvalue weighted by Gasteiger charge is 2.37. The number of imide groups is 1. The number of ether oxygens (including phenoxy) is 1. The van der Waals surface area contributed by atoms with Crippen LogP contribution >= 0.6 is 0 Å². The smallest absolute Gasteiger partial charge is 0.406 e. The molecule has 1 aliphatic rings. The number of aromatic nitrogens is 1.